The molecule has 0 bridgehead atoms. The lowest BCUT2D eigenvalue weighted by atomic mass is 10.1. The van der Waals surface area contributed by atoms with E-state index in [-0.39, 0.29) is 11.6 Å². The molecule has 1 rings (SSSR count). The summed E-state index contributed by atoms with van der Waals surface area (Å²) in [7, 11) is -1.50. The Bertz CT molecular complexity index is 482. The van der Waals surface area contributed by atoms with Crippen LogP contribution in [-0.4, -0.2) is 49.0 Å². The summed E-state index contributed by atoms with van der Waals surface area (Å²) in [6.07, 6.45) is 9.18. The van der Waals surface area contributed by atoms with Crippen LogP contribution in [0.4, 0.5) is 4.79 Å². The molecular weight excluding hydrogens is 335 g/mol. The van der Waals surface area contributed by atoms with Crippen LogP contribution in [0.25, 0.3) is 0 Å². The highest BCUT2D eigenvalue weighted by molar-refractivity contribution is 7.75. The minimum Gasteiger partial charge on any atom is -0.477 e. The van der Waals surface area contributed by atoms with Crippen LogP contribution in [0.15, 0.2) is 11.6 Å². The zero-order valence-corrected chi connectivity index (χ0v) is 15.6. The molecule has 1 heterocycles. The number of nitrogens with one attached hydrogen (secondary N) is 2. The van der Waals surface area contributed by atoms with Gasteiger partial charge in [0.2, 0.25) is 12.2 Å². The van der Waals surface area contributed by atoms with Crippen molar-refractivity contribution in [1.29, 1.82) is 10.8 Å². The fourth-order valence-corrected chi connectivity index (χ4v) is 5.32. The number of carbonyl (C=O) groups is 1. The topological polar surface area (TPSA) is 83.2 Å². The van der Waals surface area contributed by atoms with Crippen molar-refractivity contribution in [3.63, 3.8) is 0 Å². The van der Waals surface area contributed by atoms with Crippen molar-refractivity contribution >= 4 is 35.9 Å². The number of unbranched alkanes of at least 4 members (excludes halogenated alkanes) is 3. The van der Waals surface area contributed by atoms with Gasteiger partial charge in [-0.25, -0.2) is 4.79 Å². The summed E-state index contributed by atoms with van der Waals surface area (Å²) in [5.74, 6) is -0.0597. The summed E-state index contributed by atoms with van der Waals surface area (Å²) in [4.78, 5) is 10.8. The summed E-state index contributed by atoms with van der Waals surface area (Å²) in [5.41, 5.74) is 0.209. The minimum atomic E-state index is -1.50. The van der Waals surface area contributed by atoms with Crippen molar-refractivity contribution < 1.29 is 14.3 Å². The second-order valence-electron chi connectivity index (χ2n) is 6.14. The summed E-state index contributed by atoms with van der Waals surface area (Å²) >= 11 is 5.25. The largest absolute Gasteiger partial charge is 0.477 e. The van der Waals surface area contributed by atoms with Crippen LogP contribution < -0.4 is 0 Å². The monoisotopic (exact) mass is 361 g/mol. The molecule has 2 N–H and O–H groups in total. The molecule has 0 fully saturated rings. The SMILES string of the molecule is CCCCCCOC(=N)C(=N)C1=CCC[P+](C)(COC(=O)Cl)C1. The van der Waals surface area contributed by atoms with E-state index >= 15 is 0 Å². The molecule has 0 aromatic heterocycles. The normalized spacial score (nSPS) is 20.6. The van der Waals surface area contributed by atoms with Crippen LogP contribution in [0.3, 0.4) is 0 Å². The van der Waals surface area contributed by atoms with Crippen LogP contribution in [0.5, 0.6) is 0 Å². The second-order valence-corrected chi connectivity index (χ2v) is 10.7. The first-order valence-electron chi connectivity index (χ1n) is 8.03. The highest BCUT2D eigenvalue weighted by Gasteiger charge is 2.38. The lowest BCUT2D eigenvalue weighted by molar-refractivity contribution is 0.192. The number of allylic oxidation sites excluding steroid dienone is 1. The van der Waals surface area contributed by atoms with Crippen molar-refractivity contribution in [2.75, 3.05) is 31.9 Å². The summed E-state index contributed by atoms with van der Waals surface area (Å²) in [5, 5.41) is 16.1. The average Bonchev–Trinajstić information content (AvgIpc) is 2.52. The van der Waals surface area contributed by atoms with Gasteiger partial charge in [0, 0.05) is 17.2 Å². The molecule has 0 amide bonds. The Morgan fingerprint density at radius 3 is 2.70 bits per heavy atom. The first kappa shape index (κ1) is 20.1. The lowest BCUT2D eigenvalue weighted by Gasteiger charge is -2.26. The lowest BCUT2D eigenvalue weighted by Crippen LogP contribution is -2.25. The van der Waals surface area contributed by atoms with E-state index in [0.717, 1.165) is 37.4 Å². The van der Waals surface area contributed by atoms with Gasteiger partial charge in [0.1, 0.15) is 5.71 Å². The van der Waals surface area contributed by atoms with E-state index in [1.807, 2.05) is 6.08 Å². The maximum Gasteiger partial charge on any atom is 0.406 e. The standard InChI is InChI=1S/C16H27ClN2O3P/c1-3-4-5-6-9-21-15(19)14(18)13-8-7-10-23(2,11-13)12-22-16(17)20/h8,18-19H,3-7,9-12H2,1-2H3/q+1. The number of hydrogen-bond acceptors (Lipinski definition) is 5. The molecule has 0 aliphatic carbocycles. The van der Waals surface area contributed by atoms with Gasteiger partial charge in [0.05, 0.1) is 32.9 Å². The average molecular weight is 362 g/mol. The summed E-state index contributed by atoms with van der Waals surface area (Å²) in [6.45, 7) is 4.75. The third-order valence-electron chi connectivity index (χ3n) is 3.89. The van der Waals surface area contributed by atoms with Crippen molar-refractivity contribution in [3.8, 4) is 0 Å². The number of carbonyl (C=O) groups excluding carboxylic acids is 1. The van der Waals surface area contributed by atoms with Gasteiger partial charge in [-0.3, -0.25) is 10.8 Å². The maximum atomic E-state index is 10.8. The van der Waals surface area contributed by atoms with Gasteiger partial charge in [-0.15, -0.1) is 0 Å². The van der Waals surface area contributed by atoms with Gasteiger partial charge < -0.3 is 9.47 Å². The summed E-state index contributed by atoms with van der Waals surface area (Å²) in [6, 6.07) is 0. The van der Waals surface area contributed by atoms with Gasteiger partial charge in [-0.1, -0.05) is 32.3 Å². The Morgan fingerprint density at radius 2 is 2.04 bits per heavy atom. The molecule has 1 aliphatic heterocycles. The van der Waals surface area contributed by atoms with Gasteiger partial charge >= 0.3 is 5.43 Å². The molecular formula is C16H27ClN2O3P+. The zero-order valence-electron chi connectivity index (χ0n) is 14.0. The van der Waals surface area contributed by atoms with Crippen molar-refractivity contribution in [2.24, 2.45) is 0 Å². The maximum absolute atomic E-state index is 10.8. The van der Waals surface area contributed by atoms with Crippen LogP contribution >= 0.6 is 18.9 Å². The van der Waals surface area contributed by atoms with Crippen LogP contribution in [0.1, 0.15) is 39.0 Å². The third kappa shape index (κ3) is 7.45. The van der Waals surface area contributed by atoms with Crippen molar-refractivity contribution in [1.82, 2.24) is 0 Å². The van der Waals surface area contributed by atoms with Crippen LogP contribution in [0.2, 0.25) is 0 Å². The number of halogens is 1. The van der Waals surface area contributed by atoms with Gasteiger partial charge in [0.25, 0.3) is 0 Å². The quantitative estimate of drug-likeness (QED) is 0.201. The first-order chi connectivity index (χ1) is 10.9. The van der Waals surface area contributed by atoms with Crippen molar-refractivity contribution in [2.45, 2.75) is 39.0 Å². The fraction of sp³-hybridized carbons (Fsp3) is 0.688. The molecule has 0 spiro atoms. The fourth-order valence-electron chi connectivity index (χ4n) is 2.52. The molecule has 1 aliphatic rings. The Kier molecular flexibility index (Phi) is 8.78. The van der Waals surface area contributed by atoms with E-state index in [2.05, 4.69) is 13.6 Å². The molecule has 7 heteroatoms. The highest BCUT2D eigenvalue weighted by atomic mass is 35.5. The Balaban J connectivity index is 2.47. The van der Waals surface area contributed by atoms with Gasteiger partial charge in [-0.05, 0) is 12.8 Å². The van der Waals surface area contributed by atoms with E-state index in [4.69, 9.17) is 31.9 Å². The molecule has 0 aromatic carbocycles. The zero-order chi connectivity index (χ0) is 17.3. The number of rotatable bonds is 9. The second kappa shape index (κ2) is 10.0. The van der Waals surface area contributed by atoms with Gasteiger partial charge in [-0.2, -0.15) is 0 Å². The molecule has 0 aromatic rings. The number of ether oxygens (including phenoxy) is 2. The molecule has 130 valence electrons. The van der Waals surface area contributed by atoms with E-state index in [1.54, 1.807) is 0 Å². The molecule has 0 radical (unpaired) electrons. The van der Waals surface area contributed by atoms with Gasteiger partial charge in [0.15, 0.2) is 0 Å². The first-order valence-corrected chi connectivity index (χ1v) is 11.2. The summed E-state index contributed by atoms with van der Waals surface area (Å²) < 4.78 is 10.4. The molecule has 23 heavy (non-hydrogen) atoms. The van der Waals surface area contributed by atoms with E-state index in [9.17, 15) is 4.79 Å². The molecule has 5 nitrogen and oxygen atoms in total. The Morgan fingerprint density at radius 1 is 1.30 bits per heavy atom. The van der Waals surface area contributed by atoms with E-state index in [0.29, 0.717) is 19.1 Å². The number of hydrogen-bond donors (Lipinski definition) is 2. The molecule has 1 unspecified atom stereocenters. The highest BCUT2D eigenvalue weighted by Crippen LogP contribution is 2.58. The predicted molar refractivity (Wildman–Crippen MR) is 98.0 cm³/mol. The van der Waals surface area contributed by atoms with E-state index < -0.39 is 12.7 Å². The third-order valence-corrected chi connectivity index (χ3v) is 7.20. The molecule has 0 saturated carbocycles. The Labute approximate surface area is 144 Å². The van der Waals surface area contributed by atoms with E-state index in [1.165, 1.54) is 6.42 Å². The Hall–Kier alpha value is -0.930. The van der Waals surface area contributed by atoms with Crippen molar-refractivity contribution in [3.05, 3.63) is 11.6 Å². The smallest absolute Gasteiger partial charge is 0.406 e. The molecule has 1 atom stereocenters. The minimum absolute atomic E-state index is 0.0597. The van der Waals surface area contributed by atoms with Crippen LogP contribution in [-0.2, 0) is 9.47 Å². The molecule has 0 saturated heterocycles. The predicted octanol–water partition coefficient (Wildman–Crippen LogP) is 4.89. The van der Waals surface area contributed by atoms with Crippen LogP contribution in [0, 0.1) is 10.8 Å².